The number of hydrogen-bond acceptors (Lipinski definition) is 5. The van der Waals surface area contributed by atoms with E-state index in [1.54, 1.807) is 13.0 Å². The number of aryl methyl sites for hydroxylation is 1. The number of hydrogen-bond donors (Lipinski definition) is 1. The number of nitrogens with zero attached hydrogens (tertiary/aromatic N) is 2. The fourth-order valence-corrected chi connectivity index (χ4v) is 1.95. The molecule has 0 aliphatic rings. The van der Waals surface area contributed by atoms with Crippen LogP contribution in [-0.4, -0.2) is 16.7 Å². The zero-order chi connectivity index (χ0) is 14.5. The Balaban J connectivity index is 2.13. The van der Waals surface area contributed by atoms with E-state index in [2.05, 4.69) is 15.5 Å². The maximum atomic E-state index is 13.4. The molecule has 1 heterocycles. The summed E-state index contributed by atoms with van der Waals surface area (Å²) in [6.07, 6.45) is 0. The average molecular weight is 279 g/mol. The van der Waals surface area contributed by atoms with E-state index >= 15 is 0 Å². The summed E-state index contributed by atoms with van der Waals surface area (Å²) in [5, 5.41) is 6.99. The Morgan fingerprint density at radius 3 is 2.90 bits per heavy atom. The summed E-state index contributed by atoms with van der Waals surface area (Å²) in [6, 6.07) is 4.46. The minimum atomic E-state index is -0.285. The SMILES string of the molecule is CCNC(C)c1cc(F)ccc1OCc1noc(C)n1. The van der Waals surface area contributed by atoms with Crippen LogP contribution in [0.5, 0.6) is 5.75 Å². The Labute approximate surface area is 117 Å². The van der Waals surface area contributed by atoms with Crippen LogP contribution in [0.4, 0.5) is 4.39 Å². The molecule has 2 rings (SSSR count). The van der Waals surface area contributed by atoms with Crippen LogP contribution in [0.25, 0.3) is 0 Å². The molecule has 108 valence electrons. The van der Waals surface area contributed by atoms with Crippen molar-refractivity contribution in [2.45, 2.75) is 33.4 Å². The van der Waals surface area contributed by atoms with E-state index in [0.717, 1.165) is 12.1 Å². The molecule has 0 bridgehead atoms. The van der Waals surface area contributed by atoms with Gasteiger partial charge in [-0.3, -0.25) is 0 Å². The molecule has 1 unspecified atom stereocenters. The molecular formula is C14H18FN3O2. The monoisotopic (exact) mass is 279 g/mol. The lowest BCUT2D eigenvalue weighted by Gasteiger charge is -2.17. The van der Waals surface area contributed by atoms with Crippen molar-refractivity contribution < 1.29 is 13.7 Å². The lowest BCUT2D eigenvalue weighted by Crippen LogP contribution is -2.18. The molecule has 20 heavy (non-hydrogen) atoms. The van der Waals surface area contributed by atoms with Gasteiger partial charge in [0.25, 0.3) is 0 Å². The normalized spacial score (nSPS) is 12.4. The van der Waals surface area contributed by atoms with Gasteiger partial charge in [-0.1, -0.05) is 12.1 Å². The zero-order valence-corrected chi connectivity index (χ0v) is 11.8. The number of halogens is 1. The maximum absolute atomic E-state index is 13.4. The van der Waals surface area contributed by atoms with Crippen molar-refractivity contribution in [2.75, 3.05) is 6.54 Å². The fourth-order valence-electron chi connectivity index (χ4n) is 1.95. The summed E-state index contributed by atoms with van der Waals surface area (Å²) in [5.74, 6) is 1.28. The van der Waals surface area contributed by atoms with E-state index in [1.165, 1.54) is 12.1 Å². The van der Waals surface area contributed by atoms with Crippen molar-refractivity contribution in [3.05, 3.63) is 41.3 Å². The van der Waals surface area contributed by atoms with E-state index < -0.39 is 0 Å². The van der Waals surface area contributed by atoms with Gasteiger partial charge in [0.05, 0.1) is 0 Å². The number of nitrogens with one attached hydrogen (secondary N) is 1. The average Bonchev–Trinajstić information content (AvgIpc) is 2.83. The van der Waals surface area contributed by atoms with Crippen LogP contribution in [-0.2, 0) is 6.61 Å². The number of rotatable bonds is 6. The first-order chi connectivity index (χ1) is 9.60. The highest BCUT2D eigenvalue weighted by molar-refractivity contribution is 5.36. The first kappa shape index (κ1) is 14.5. The Morgan fingerprint density at radius 1 is 1.45 bits per heavy atom. The summed E-state index contributed by atoms with van der Waals surface area (Å²) >= 11 is 0. The smallest absolute Gasteiger partial charge is 0.223 e. The minimum absolute atomic E-state index is 0.00213. The van der Waals surface area contributed by atoms with Crippen LogP contribution in [0.3, 0.4) is 0 Å². The van der Waals surface area contributed by atoms with Crippen molar-refractivity contribution in [3.8, 4) is 5.75 Å². The van der Waals surface area contributed by atoms with Crippen molar-refractivity contribution in [2.24, 2.45) is 0 Å². The molecule has 1 aromatic carbocycles. The fraction of sp³-hybridized carbons (Fsp3) is 0.429. The molecule has 1 aromatic heterocycles. The van der Waals surface area contributed by atoms with Crippen molar-refractivity contribution in [1.82, 2.24) is 15.5 Å². The summed E-state index contributed by atoms with van der Waals surface area (Å²) in [5.41, 5.74) is 0.770. The van der Waals surface area contributed by atoms with Gasteiger partial charge in [-0.25, -0.2) is 4.39 Å². The molecule has 0 fully saturated rings. The Bertz CT molecular complexity index is 571. The van der Waals surface area contributed by atoms with Gasteiger partial charge in [0.15, 0.2) is 6.61 Å². The van der Waals surface area contributed by atoms with Crippen LogP contribution in [0, 0.1) is 12.7 Å². The molecule has 5 nitrogen and oxygen atoms in total. The predicted molar refractivity (Wildman–Crippen MR) is 71.9 cm³/mol. The second-order valence-corrected chi connectivity index (χ2v) is 4.48. The largest absolute Gasteiger partial charge is 0.485 e. The first-order valence-electron chi connectivity index (χ1n) is 6.55. The van der Waals surface area contributed by atoms with E-state index in [-0.39, 0.29) is 18.5 Å². The lowest BCUT2D eigenvalue weighted by molar-refractivity contribution is 0.280. The summed E-state index contributed by atoms with van der Waals surface area (Å²) in [6.45, 7) is 6.66. The van der Waals surface area contributed by atoms with Gasteiger partial charge in [0.1, 0.15) is 11.6 Å². The molecule has 2 aromatic rings. The maximum Gasteiger partial charge on any atom is 0.223 e. The quantitative estimate of drug-likeness (QED) is 0.881. The van der Waals surface area contributed by atoms with Gasteiger partial charge in [-0.05, 0) is 31.7 Å². The number of ether oxygens (including phenoxy) is 1. The zero-order valence-electron chi connectivity index (χ0n) is 11.8. The molecule has 6 heteroatoms. The standard InChI is InChI=1S/C14H18FN3O2/c1-4-16-9(2)12-7-11(15)5-6-13(12)19-8-14-17-10(3)20-18-14/h5-7,9,16H,4,8H2,1-3H3. The van der Waals surface area contributed by atoms with Gasteiger partial charge < -0.3 is 14.6 Å². The highest BCUT2D eigenvalue weighted by atomic mass is 19.1. The molecule has 0 saturated heterocycles. The Hall–Kier alpha value is -1.95. The molecule has 0 aliphatic heterocycles. The highest BCUT2D eigenvalue weighted by Crippen LogP contribution is 2.26. The summed E-state index contributed by atoms with van der Waals surface area (Å²) in [4.78, 5) is 4.06. The van der Waals surface area contributed by atoms with Gasteiger partial charge in [-0.15, -0.1) is 0 Å². The molecule has 0 amide bonds. The molecular weight excluding hydrogens is 261 g/mol. The molecule has 0 spiro atoms. The summed E-state index contributed by atoms with van der Waals surface area (Å²) < 4.78 is 23.9. The van der Waals surface area contributed by atoms with Crippen molar-refractivity contribution in [3.63, 3.8) is 0 Å². The van der Waals surface area contributed by atoms with Crippen molar-refractivity contribution in [1.29, 1.82) is 0 Å². The van der Waals surface area contributed by atoms with Crippen LogP contribution in [0.15, 0.2) is 22.7 Å². The van der Waals surface area contributed by atoms with Crippen molar-refractivity contribution >= 4 is 0 Å². The van der Waals surface area contributed by atoms with Gasteiger partial charge in [0.2, 0.25) is 11.7 Å². The second-order valence-electron chi connectivity index (χ2n) is 4.48. The predicted octanol–water partition coefficient (Wildman–Crippen LogP) is 2.77. The minimum Gasteiger partial charge on any atom is -0.485 e. The summed E-state index contributed by atoms with van der Waals surface area (Å²) in [7, 11) is 0. The lowest BCUT2D eigenvalue weighted by atomic mass is 10.1. The molecule has 0 saturated carbocycles. The molecule has 0 radical (unpaired) electrons. The second kappa shape index (κ2) is 6.47. The van der Waals surface area contributed by atoms with Crippen LogP contribution in [0.1, 0.15) is 37.2 Å². The van der Waals surface area contributed by atoms with Gasteiger partial charge >= 0.3 is 0 Å². The van der Waals surface area contributed by atoms with Crippen LogP contribution in [0.2, 0.25) is 0 Å². The van der Waals surface area contributed by atoms with Gasteiger partial charge in [0, 0.05) is 18.5 Å². The van der Waals surface area contributed by atoms with Crippen LogP contribution >= 0.6 is 0 Å². The molecule has 1 atom stereocenters. The van der Waals surface area contributed by atoms with Crippen LogP contribution < -0.4 is 10.1 Å². The van der Waals surface area contributed by atoms with E-state index in [1.807, 2.05) is 13.8 Å². The van der Waals surface area contributed by atoms with E-state index in [0.29, 0.717) is 17.5 Å². The highest BCUT2D eigenvalue weighted by Gasteiger charge is 2.13. The third-order valence-electron chi connectivity index (χ3n) is 2.88. The molecule has 1 N–H and O–H groups in total. The van der Waals surface area contributed by atoms with E-state index in [9.17, 15) is 4.39 Å². The number of benzene rings is 1. The third-order valence-corrected chi connectivity index (χ3v) is 2.88. The third kappa shape index (κ3) is 3.54. The van der Waals surface area contributed by atoms with Gasteiger partial charge in [-0.2, -0.15) is 4.98 Å². The Morgan fingerprint density at radius 2 is 2.25 bits per heavy atom. The topological polar surface area (TPSA) is 60.2 Å². The number of aromatic nitrogens is 2. The molecule has 0 aliphatic carbocycles. The van der Waals surface area contributed by atoms with E-state index in [4.69, 9.17) is 9.26 Å². The Kier molecular flexibility index (Phi) is 4.68. The first-order valence-corrected chi connectivity index (χ1v) is 6.55.